The summed E-state index contributed by atoms with van der Waals surface area (Å²) in [4.78, 5) is 11.6. The molecule has 0 spiro atoms. The second kappa shape index (κ2) is 13.9. The molecule has 0 N–H and O–H groups in total. The summed E-state index contributed by atoms with van der Waals surface area (Å²) in [5.74, 6) is -0.256. The Kier molecular flexibility index (Phi) is 12.1. The van der Waals surface area contributed by atoms with Gasteiger partial charge in [0, 0.05) is 12.0 Å². The molecule has 1 aromatic rings. The Morgan fingerprint density at radius 2 is 1.76 bits per heavy atom. The van der Waals surface area contributed by atoms with E-state index in [1.807, 2.05) is 55.5 Å². The van der Waals surface area contributed by atoms with Gasteiger partial charge < -0.3 is 5.11 Å². The molecular formula is C30H36FeO2. The van der Waals surface area contributed by atoms with Crippen LogP contribution in [0.25, 0.3) is 0 Å². The fourth-order valence-electron chi connectivity index (χ4n) is 3.94. The van der Waals surface area contributed by atoms with Gasteiger partial charge in [0.1, 0.15) is 0 Å². The van der Waals surface area contributed by atoms with Gasteiger partial charge in [-0.25, -0.2) is 12.1 Å². The van der Waals surface area contributed by atoms with Crippen LogP contribution in [0.5, 0.6) is 0 Å². The molecule has 0 bridgehead atoms. The van der Waals surface area contributed by atoms with Crippen LogP contribution in [-0.2, 0) is 21.9 Å². The van der Waals surface area contributed by atoms with Crippen LogP contribution in [0.15, 0.2) is 113 Å². The third kappa shape index (κ3) is 9.50. The van der Waals surface area contributed by atoms with E-state index >= 15 is 0 Å². The topological polar surface area (TPSA) is 40.1 Å². The molecule has 0 saturated heterocycles. The molecule has 0 saturated carbocycles. The molecule has 1 aromatic carbocycles. The number of allylic oxidation sites excluding steroid dienone is 13. The predicted molar refractivity (Wildman–Crippen MR) is 134 cm³/mol. The summed E-state index contributed by atoms with van der Waals surface area (Å²) < 4.78 is 0. The minimum absolute atomic E-state index is 0. The third-order valence-corrected chi connectivity index (χ3v) is 5.88. The molecule has 2 nitrogen and oxygen atoms in total. The van der Waals surface area contributed by atoms with E-state index in [-0.39, 0.29) is 46.0 Å². The average Bonchev–Trinajstić information content (AvgIpc) is 3.40. The van der Waals surface area contributed by atoms with E-state index < -0.39 is 0 Å². The van der Waals surface area contributed by atoms with Crippen molar-refractivity contribution in [2.75, 3.05) is 0 Å². The first kappa shape index (κ1) is 28.6. The first-order valence-corrected chi connectivity index (χ1v) is 11.4. The molecule has 0 aliphatic heterocycles. The van der Waals surface area contributed by atoms with Crippen LogP contribution in [0.3, 0.4) is 0 Å². The van der Waals surface area contributed by atoms with Crippen LogP contribution in [0.4, 0.5) is 0 Å². The number of carbonyl (C=O) groups excluding carboxylic acids is 1. The van der Waals surface area contributed by atoms with Crippen molar-refractivity contribution >= 4 is 5.78 Å². The molecule has 33 heavy (non-hydrogen) atoms. The summed E-state index contributed by atoms with van der Waals surface area (Å²) in [5.41, 5.74) is 5.71. The van der Waals surface area contributed by atoms with Gasteiger partial charge in [-0.05, 0) is 51.0 Å². The summed E-state index contributed by atoms with van der Waals surface area (Å²) in [6.45, 7) is 11.0. The maximum absolute atomic E-state index is 11.6. The second-order valence-electron chi connectivity index (χ2n) is 9.18. The number of Topliss-reactive ketones (excluding diaryl/α,β-unsaturated/α-hetero) is 1. The summed E-state index contributed by atoms with van der Waals surface area (Å²) in [7, 11) is 0. The largest absolute Gasteiger partial charge is 2.00 e. The summed E-state index contributed by atoms with van der Waals surface area (Å²) in [5, 5.41) is 11.6. The monoisotopic (exact) mass is 484 g/mol. The summed E-state index contributed by atoms with van der Waals surface area (Å²) >= 11 is 0. The molecule has 0 heterocycles. The molecule has 2 aliphatic carbocycles. The molecule has 0 radical (unpaired) electrons. The molecule has 176 valence electrons. The van der Waals surface area contributed by atoms with Gasteiger partial charge in [0.05, 0.1) is 0 Å². The van der Waals surface area contributed by atoms with Gasteiger partial charge in [-0.3, -0.25) is 4.79 Å². The molecule has 0 unspecified atom stereocenters. The maximum Gasteiger partial charge on any atom is 2.00 e. The fourth-order valence-corrected chi connectivity index (χ4v) is 3.94. The van der Waals surface area contributed by atoms with Crippen molar-refractivity contribution in [3.05, 3.63) is 113 Å². The van der Waals surface area contributed by atoms with Crippen molar-refractivity contribution < 1.29 is 27.0 Å². The minimum atomic E-state index is -0.163. The average molecular weight is 484 g/mol. The molecule has 0 aromatic heterocycles. The van der Waals surface area contributed by atoms with Crippen LogP contribution in [0, 0.1) is 5.41 Å². The quantitative estimate of drug-likeness (QED) is 0.194. The molecule has 0 amide bonds. The van der Waals surface area contributed by atoms with Crippen LogP contribution >= 0.6 is 0 Å². The van der Waals surface area contributed by atoms with E-state index in [0.717, 1.165) is 5.57 Å². The molecule has 3 rings (SSSR count). The van der Waals surface area contributed by atoms with E-state index in [2.05, 4.69) is 45.9 Å². The zero-order valence-electron chi connectivity index (χ0n) is 20.5. The Morgan fingerprint density at radius 3 is 2.30 bits per heavy atom. The van der Waals surface area contributed by atoms with Crippen molar-refractivity contribution in [2.45, 2.75) is 60.3 Å². The van der Waals surface area contributed by atoms with Gasteiger partial charge in [-0.1, -0.05) is 79.2 Å². The van der Waals surface area contributed by atoms with Crippen LogP contribution in [0.1, 0.15) is 60.3 Å². The Hall–Kier alpha value is -2.48. The van der Waals surface area contributed by atoms with E-state index in [1.165, 1.54) is 42.1 Å². The van der Waals surface area contributed by atoms with Crippen molar-refractivity contribution in [3.63, 3.8) is 0 Å². The SMILES string of the molecule is CC1=C(/C=C/C(C)=C/C=C/C(C)=C/C=C2/C(=O)CC=C2[O-])C(C)(C)CCC1.[Fe+2].c1cc[cH-]c1. The zero-order chi connectivity index (χ0) is 23.6. The fraction of sp³-hybridized carbons (Fsp3) is 0.333. The van der Waals surface area contributed by atoms with Gasteiger partial charge in [-0.15, -0.1) is 5.76 Å². The Balaban J connectivity index is 0.000000799. The van der Waals surface area contributed by atoms with Crippen LogP contribution in [0.2, 0.25) is 0 Å². The van der Waals surface area contributed by atoms with Crippen molar-refractivity contribution in [1.82, 2.24) is 0 Å². The number of carbonyl (C=O) groups is 1. The summed E-state index contributed by atoms with van der Waals surface area (Å²) in [6.07, 6.45) is 19.4. The zero-order valence-corrected chi connectivity index (χ0v) is 21.6. The van der Waals surface area contributed by atoms with Crippen LogP contribution in [-0.4, -0.2) is 5.78 Å². The minimum Gasteiger partial charge on any atom is -0.872 e. The Morgan fingerprint density at radius 1 is 1.09 bits per heavy atom. The predicted octanol–water partition coefficient (Wildman–Crippen LogP) is 7.06. The van der Waals surface area contributed by atoms with Gasteiger partial charge in [0.15, 0.2) is 5.78 Å². The Bertz CT molecular complexity index is 973. The van der Waals surface area contributed by atoms with Crippen LogP contribution < -0.4 is 5.11 Å². The van der Waals surface area contributed by atoms with Crippen molar-refractivity contribution in [2.24, 2.45) is 5.41 Å². The molecular weight excluding hydrogens is 448 g/mol. The number of rotatable bonds is 5. The van der Waals surface area contributed by atoms with Gasteiger partial charge in [0.25, 0.3) is 0 Å². The normalized spacial score (nSPS) is 20.2. The van der Waals surface area contributed by atoms with Gasteiger partial charge in [-0.2, -0.15) is 18.2 Å². The number of hydrogen-bond acceptors (Lipinski definition) is 2. The standard InChI is InChI=1S/C25H32O2.C5H5.Fe/c1-18(11-13-21-23(26)15-16-24(21)27)8-6-9-19(2)12-14-22-20(3)10-7-17-25(22,4)5;1-2-4-5-3-1;/h6,8-9,11-15,26H,7,10,16-17H2,1-5H3;1-5H;/q;-1;+2/p-1/b8-6+,14-12+,18-11+,19-9+,21-13+;;. The smallest absolute Gasteiger partial charge is 0.872 e. The Labute approximate surface area is 210 Å². The first-order chi connectivity index (χ1) is 15.2. The molecule has 3 heteroatoms. The van der Waals surface area contributed by atoms with E-state index in [9.17, 15) is 9.90 Å². The second-order valence-corrected chi connectivity index (χ2v) is 9.18. The molecule has 0 fully saturated rings. The van der Waals surface area contributed by atoms with Gasteiger partial charge >= 0.3 is 17.1 Å². The first-order valence-electron chi connectivity index (χ1n) is 11.4. The summed E-state index contributed by atoms with van der Waals surface area (Å²) in [6, 6.07) is 10.0. The number of ketones is 1. The molecule has 2 aliphatic rings. The third-order valence-electron chi connectivity index (χ3n) is 5.88. The van der Waals surface area contributed by atoms with E-state index in [4.69, 9.17) is 0 Å². The van der Waals surface area contributed by atoms with E-state index in [0.29, 0.717) is 0 Å². The van der Waals surface area contributed by atoms with Crippen molar-refractivity contribution in [1.29, 1.82) is 0 Å². The van der Waals surface area contributed by atoms with E-state index in [1.54, 1.807) is 6.08 Å². The maximum atomic E-state index is 11.6. The number of hydrogen-bond donors (Lipinski definition) is 0. The van der Waals surface area contributed by atoms with Gasteiger partial charge in [0.2, 0.25) is 0 Å². The van der Waals surface area contributed by atoms with Crippen molar-refractivity contribution in [3.8, 4) is 0 Å². The molecule has 0 atom stereocenters.